The second-order valence-corrected chi connectivity index (χ2v) is 5.82. The highest BCUT2D eigenvalue weighted by Gasteiger charge is 2.17. The van der Waals surface area contributed by atoms with E-state index in [0.29, 0.717) is 22.0 Å². The van der Waals surface area contributed by atoms with Gasteiger partial charge >= 0.3 is 0 Å². The third-order valence-corrected chi connectivity index (χ3v) is 3.84. The molecule has 27 heavy (non-hydrogen) atoms. The van der Waals surface area contributed by atoms with Crippen molar-refractivity contribution in [2.24, 2.45) is 10.2 Å². The fraction of sp³-hybridized carbons (Fsp3) is 0. The number of hydrogen-bond acceptors (Lipinski definition) is 5. The van der Waals surface area contributed by atoms with Crippen molar-refractivity contribution >= 4 is 34.6 Å². The molecule has 2 aromatic carbocycles. The molecule has 3 aromatic rings. The molecule has 0 saturated heterocycles. The molecule has 0 saturated carbocycles. The van der Waals surface area contributed by atoms with Crippen molar-refractivity contribution in [3.8, 4) is 0 Å². The Morgan fingerprint density at radius 3 is 2.44 bits per heavy atom. The highest BCUT2D eigenvalue weighted by atomic mass is 35.5. The van der Waals surface area contributed by atoms with Crippen LogP contribution in [0.1, 0.15) is 5.56 Å². The Morgan fingerprint density at radius 1 is 1.00 bits per heavy atom. The van der Waals surface area contributed by atoms with Gasteiger partial charge in [0.15, 0.2) is 11.5 Å². The summed E-state index contributed by atoms with van der Waals surface area (Å²) < 4.78 is 0. The van der Waals surface area contributed by atoms with Crippen LogP contribution in [0.15, 0.2) is 95.0 Å². The van der Waals surface area contributed by atoms with Crippen molar-refractivity contribution in [3.05, 3.63) is 95.4 Å². The number of aliphatic hydroxyl groups excluding tert-OH is 1. The highest BCUT2D eigenvalue weighted by Crippen LogP contribution is 2.26. The molecule has 0 aliphatic rings. The number of azo groups is 1. The number of halogens is 1. The number of pyridine rings is 1. The number of hydrogen-bond donors (Lipinski definition) is 2. The van der Waals surface area contributed by atoms with E-state index in [0.717, 1.165) is 0 Å². The zero-order valence-electron chi connectivity index (χ0n) is 14.1. The van der Waals surface area contributed by atoms with Gasteiger partial charge in [-0.25, -0.2) is 0 Å². The van der Waals surface area contributed by atoms with E-state index in [-0.39, 0.29) is 11.5 Å². The van der Waals surface area contributed by atoms with Crippen molar-refractivity contribution in [2.45, 2.75) is 0 Å². The van der Waals surface area contributed by atoms with Crippen molar-refractivity contribution in [1.29, 1.82) is 0 Å². The first-order valence-electron chi connectivity index (χ1n) is 8.01. The number of benzene rings is 2. The van der Waals surface area contributed by atoms with E-state index < -0.39 is 5.91 Å². The van der Waals surface area contributed by atoms with Crippen LogP contribution in [0.3, 0.4) is 0 Å². The normalized spacial score (nSPS) is 11.9. The minimum absolute atomic E-state index is 0.245. The van der Waals surface area contributed by atoms with Gasteiger partial charge in [0, 0.05) is 11.8 Å². The Kier molecular flexibility index (Phi) is 5.91. The van der Waals surface area contributed by atoms with Crippen molar-refractivity contribution in [3.63, 3.8) is 0 Å². The second kappa shape index (κ2) is 8.73. The smallest absolute Gasteiger partial charge is 0.280 e. The summed E-state index contributed by atoms with van der Waals surface area (Å²) in [5, 5.41) is 21.6. The van der Waals surface area contributed by atoms with Gasteiger partial charge in [-0.3, -0.25) is 9.78 Å². The van der Waals surface area contributed by atoms with Gasteiger partial charge in [0.25, 0.3) is 5.91 Å². The van der Waals surface area contributed by atoms with Crippen LogP contribution in [-0.4, -0.2) is 16.0 Å². The molecule has 3 rings (SSSR count). The Balaban J connectivity index is 1.98. The molecule has 7 heteroatoms. The van der Waals surface area contributed by atoms with E-state index in [1.165, 1.54) is 6.20 Å². The van der Waals surface area contributed by atoms with Crippen molar-refractivity contribution < 1.29 is 9.90 Å². The lowest BCUT2D eigenvalue weighted by atomic mass is 10.1. The predicted molar refractivity (Wildman–Crippen MR) is 105 cm³/mol. The molecule has 0 bridgehead atoms. The number of nitrogens with zero attached hydrogens (tertiary/aromatic N) is 3. The number of rotatable bonds is 5. The third kappa shape index (κ3) is 4.77. The summed E-state index contributed by atoms with van der Waals surface area (Å²) in [6.07, 6.45) is 3.07. The number of aliphatic hydroxyl groups is 1. The van der Waals surface area contributed by atoms with Crippen LogP contribution in [-0.2, 0) is 4.79 Å². The molecule has 0 atom stereocenters. The number of anilines is 1. The monoisotopic (exact) mass is 378 g/mol. The van der Waals surface area contributed by atoms with Gasteiger partial charge in [0.05, 0.1) is 16.9 Å². The van der Waals surface area contributed by atoms with Crippen LogP contribution in [0.25, 0.3) is 5.76 Å². The Hall–Kier alpha value is -3.51. The second-order valence-electron chi connectivity index (χ2n) is 5.41. The van der Waals surface area contributed by atoms with Gasteiger partial charge < -0.3 is 10.4 Å². The quantitative estimate of drug-likeness (QED) is 0.354. The molecule has 2 N–H and O–H groups in total. The van der Waals surface area contributed by atoms with Crippen molar-refractivity contribution in [2.75, 3.05) is 5.32 Å². The van der Waals surface area contributed by atoms with Gasteiger partial charge in [-0.2, -0.15) is 0 Å². The maximum atomic E-state index is 12.7. The highest BCUT2D eigenvalue weighted by molar-refractivity contribution is 6.32. The van der Waals surface area contributed by atoms with E-state index in [1.807, 2.05) is 0 Å². The molecular weight excluding hydrogens is 364 g/mol. The minimum atomic E-state index is -0.625. The zero-order chi connectivity index (χ0) is 19.1. The molecule has 1 amide bonds. The van der Waals surface area contributed by atoms with E-state index in [9.17, 15) is 9.90 Å². The Bertz CT molecular complexity index is 989. The SMILES string of the molecule is O=C(Nc1cccnc1)/C(N=Nc1ccccc1Cl)=C(/O)c1ccccc1. The molecule has 1 heterocycles. The predicted octanol–water partition coefficient (Wildman–Crippen LogP) is 5.38. The van der Waals surface area contributed by atoms with E-state index >= 15 is 0 Å². The van der Waals surface area contributed by atoms with Gasteiger partial charge in [-0.15, -0.1) is 10.2 Å². The van der Waals surface area contributed by atoms with Gasteiger partial charge in [-0.1, -0.05) is 54.1 Å². The molecule has 6 nitrogen and oxygen atoms in total. The van der Waals surface area contributed by atoms with Crippen LogP contribution in [0.4, 0.5) is 11.4 Å². The lowest BCUT2D eigenvalue weighted by Gasteiger charge is -2.07. The van der Waals surface area contributed by atoms with E-state index in [2.05, 4.69) is 20.5 Å². The topological polar surface area (TPSA) is 86.9 Å². The van der Waals surface area contributed by atoms with Crippen LogP contribution in [0, 0.1) is 0 Å². The minimum Gasteiger partial charge on any atom is -0.505 e. The first-order chi connectivity index (χ1) is 13.1. The number of nitrogens with one attached hydrogen (secondary N) is 1. The molecule has 0 aliphatic carbocycles. The van der Waals surface area contributed by atoms with Crippen LogP contribution >= 0.6 is 11.6 Å². The first kappa shape index (κ1) is 18.3. The summed E-state index contributed by atoms with van der Waals surface area (Å²) in [5.41, 5.74) is 1.04. The first-order valence-corrected chi connectivity index (χ1v) is 8.39. The summed E-state index contributed by atoms with van der Waals surface area (Å²) in [5.74, 6) is -0.923. The molecular formula is C20H15ClN4O2. The molecule has 0 spiro atoms. The molecule has 0 aliphatic heterocycles. The Morgan fingerprint density at radius 2 is 1.74 bits per heavy atom. The average molecular weight is 379 g/mol. The Labute approximate surface area is 160 Å². The summed E-state index contributed by atoms with van der Waals surface area (Å²) in [4.78, 5) is 16.6. The maximum Gasteiger partial charge on any atom is 0.280 e. The summed E-state index contributed by atoms with van der Waals surface area (Å²) in [7, 11) is 0. The lowest BCUT2D eigenvalue weighted by Crippen LogP contribution is -2.15. The standard InChI is InChI=1S/C20H15ClN4O2/c21-16-10-4-5-11-17(16)24-25-18(19(26)14-7-2-1-3-8-14)20(27)23-15-9-6-12-22-13-15/h1-13,26H,(H,23,27)/b19-18-,25-24?. The molecule has 134 valence electrons. The van der Waals surface area contributed by atoms with Crippen LogP contribution in [0.2, 0.25) is 5.02 Å². The average Bonchev–Trinajstić information content (AvgIpc) is 2.70. The molecule has 0 radical (unpaired) electrons. The van der Waals surface area contributed by atoms with Gasteiger partial charge in [0.2, 0.25) is 0 Å². The van der Waals surface area contributed by atoms with Crippen LogP contribution in [0.5, 0.6) is 0 Å². The fourth-order valence-electron chi connectivity index (χ4n) is 2.20. The lowest BCUT2D eigenvalue weighted by molar-refractivity contribution is -0.112. The van der Waals surface area contributed by atoms with E-state index in [4.69, 9.17) is 11.6 Å². The number of carbonyl (C=O) groups is 1. The van der Waals surface area contributed by atoms with Gasteiger partial charge in [0.1, 0.15) is 5.69 Å². The van der Waals surface area contributed by atoms with E-state index in [1.54, 1.807) is 72.9 Å². The fourth-order valence-corrected chi connectivity index (χ4v) is 2.37. The molecule has 0 fully saturated rings. The number of carbonyl (C=O) groups excluding carboxylic acids is 1. The van der Waals surface area contributed by atoms with Crippen molar-refractivity contribution in [1.82, 2.24) is 4.98 Å². The molecule has 0 unspecified atom stereocenters. The summed E-state index contributed by atoms with van der Waals surface area (Å²) in [6, 6.07) is 18.8. The van der Waals surface area contributed by atoms with Gasteiger partial charge in [-0.05, 0) is 24.3 Å². The third-order valence-electron chi connectivity index (χ3n) is 3.52. The number of aromatic nitrogens is 1. The maximum absolute atomic E-state index is 12.7. The largest absolute Gasteiger partial charge is 0.505 e. The molecule has 1 aromatic heterocycles. The van der Waals surface area contributed by atoms with Crippen LogP contribution < -0.4 is 5.32 Å². The number of amides is 1. The summed E-state index contributed by atoms with van der Waals surface area (Å²) in [6.45, 7) is 0. The summed E-state index contributed by atoms with van der Waals surface area (Å²) >= 11 is 6.07. The zero-order valence-corrected chi connectivity index (χ0v) is 14.8.